The van der Waals surface area contributed by atoms with Crippen molar-refractivity contribution in [3.05, 3.63) is 24.3 Å². The first-order valence-electron chi connectivity index (χ1n) is 6.02. The number of nitrogens with two attached hydrogens (primary N) is 1. The summed E-state index contributed by atoms with van der Waals surface area (Å²) >= 11 is 0. The van der Waals surface area contributed by atoms with Crippen LogP contribution in [0.25, 0.3) is 0 Å². The summed E-state index contributed by atoms with van der Waals surface area (Å²) in [6.07, 6.45) is 2.28. The SMILES string of the molecule is COCOc1cccc(N2CCCC(N)C2)c1. The van der Waals surface area contributed by atoms with Gasteiger partial charge in [-0.25, -0.2) is 0 Å². The smallest absolute Gasteiger partial charge is 0.188 e. The van der Waals surface area contributed by atoms with Gasteiger partial charge in [-0.15, -0.1) is 0 Å². The first-order valence-corrected chi connectivity index (χ1v) is 6.02. The lowest BCUT2D eigenvalue weighted by Gasteiger charge is -2.32. The Hall–Kier alpha value is -1.26. The summed E-state index contributed by atoms with van der Waals surface area (Å²) in [4.78, 5) is 2.31. The van der Waals surface area contributed by atoms with E-state index in [2.05, 4.69) is 11.0 Å². The van der Waals surface area contributed by atoms with Gasteiger partial charge in [-0.1, -0.05) is 6.07 Å². The summed E-state index contributed by atoms with van der Waals surface area (Å²) < 4.78 is 10.3. The molecule has 0 bridgehead atoms. The van der Waals surface area contributed by atoms with Crippen molar-refractivity contribution in [1.29, 1.82) is 0 Å². The molecule has 4 nitrogen and oxygen atoms in total. The van der Waals surface area contributed by atoms with Gasteiger partial charge in [0.1, 0.15) is 5.75 Å². The molecular weight excluding hydrogens is 216 g/mol. The lowest BCUT2D eigenvalue weighted by Crippen LogP contribution is -2.42. The molecule has 2 N–H and O–H groups in total. The van der Waals surface area contributed by atoms with E-state index in [9.17, 15) is 0 Å². The molecule has 0 saturated carbocycles. The molecule has 1 aliphatic rings. The average Bonchev–Trinajstić information content (AvgIpc) is 2.37. The average molecular weight is 236 g/mol. The van der Waals surface area contributed by atoms with E-state index in [0.29, 0.717) is 0 Å². The van der Waals surface area contributed by atoms with Crippen LogP contribution in [-0.4, -0.2) is 33.0 Å². The molecule has 1 saturated heterocycles. The van der Waals surface area contributed by atoms with Gasteiger partial charge < -0.3 is 20.1 Å². The van der Waals surface area contributed by atoms with Crippen LogP contribution in [0, 0.1) is 0 Å². The van der Waals surface area contributed by atoms with Crippen molar-refractivity contribution in [1.82, 2.24) is 0 Å². The maximum Gasteiger partial charge on any atom is 0.188 e. The van der Waals surface area contributed by atoms with E-state index >= 15 is 0 Å². The number of methoxy groups -OCH3 is 1. The Kier molecular flexibility index (Phi) is 4.23. The Balaban J connectivity index is 2.04. The van der Waals surface area contributed by atoms with Crippen LogP contribution < -0.4 is 15.4 Å². The number of hydrogen-bond acceptors (Lipinski definition) is 4. The van der Waals surface area contributed by atoms with E-state index in [1.165, 1.54) is 5.69 Å². The molecule has 1 aliphatic heterocycles. The number of ether oxygens (including phenoxy) is 2. The third-order valence-electron chi connectivity index (χ3n) is 2.98. The maximum atomic E-state index is 5.99. The molecule has 0 radical (unpaired) electrons. The van der Waals surface area contributed by atoms with Crippen LogP contribution in [-0.2, 0) is 4.74 Å². The quantitative estimate of drug-likeness (QED) is 0.807. The molecule has 0 amide bonds. The predicted molar refractivity (Wildman–Crippen MR) is 68.4 cm³/mol. The van der Waals surface area contributed by atoms with E-state index in [0.717, 1.165) is 31.7 Å². The number of hydrogen-bond donors (Lipinski definition) is 1. The van der Waals surface area contributed by atoms with Crippen molar-refractivity contribution in [2.75, 3.05) is 31.9 Å². The fourth-order valence-corrected chi connectivity index (χ4v) is 2.14. The number of nitrogens with zero attached hydrogens (tertiary/aromatic N) is 1. The second kappa shape index (κ2) is 5.89. The maximum absolute atomic E-state index is 5.99. The highest BCUT2D eigenvalue weighted by atomic mass is 16.7. The molecule has 1 unspecified atom stereocenters. The summed E-state index contributed by atoms with van der Waals surface area (Å²) in [6, 6.07) is 8.36. The normalized spacial score (nSPS) is 20.4. The fraction of sp³-hybridized carbons (Fsp3) is 0.538. The molecule has 94 valence electrons. The number of rotatable bonds is 4. The molecule has 1 aromatic carbocycles. The second-order valence-corrected chi connectivity index (χ2v) is 4.40. The summed E-state index contributed by atoms with van der Waals surface area (Å²) in [5.74, 6) is 0.837. The standard InChI is InChI=1S/C13H20N2O2/c1-16-10-17-13-6-2-5-12(8-13)15-7-3-4-11(14)9-15/h2,5-6,8,11H,3-4,7,9-10,14H2,1H3. The van der Waals surface area contributed by atoms with Crippen LogP contribution >= 0.6 is 0 Å². The summed E-state index contributed by atoms with van der Waals surface area (Å²) in [7, 11) is 1.62. The summed E-state index contributed by atoms with van der Waals surface area (Å²) in [5, 5.41) is 0. The Bertz CT molecular complexity index is 357. The van der Waals surface area contributed by atoms with E-state index in [1.54, 1.807) is 7.11 Å². The van der Waals surface area contributed by atoms with Gasteiger partial charge in [-0.2, -0.15) is 0 Å². The highest BCUT2D eigenvalue weighted by molar-refractivity contribution is 5.51. The molecule has 17 heavy (non-hydrogen) atoms. The van der Waals surface area contributed by atoms with Gasteiger partial charge in [0, 0.05) is 38.0 Å². The molecule has 1 fully saturated rings. The molecule has 0 spiro atoms. The van der Waals surface area contributed by atoms with Crippen molar-refractivity contribution in [3.8, 4) is 5.75 Å². The molecule has 1 aromatic rings. The molecule has 1 heterocycles. The molecule has 2 rings (SSSR count). The Morgan fingerprint density at radius 1 is 1.47 bits per heavy atom. The third-order valence-corrected chi connectivity index (χ3v) is 2.98. The third kappa shape index (κ3) is 3.35. The van der Waals surface area contributed by atoms with Crippen LogP contribution in [0.3, 0.4) is 0 Å². The van der Waals surface area contributed by atoms with Gasteiger partial charge in [-0.3, -0.25) is 0 Å². The summed E-state index contributed by atoms with van der Waals surface area (Å²) in [5.41, 5.74) is 7.16. The first-order chi connectivity index (χ1) is 8.29. The van der Waals surface area contributed by atoms with Crippen molar-refractivity contribution in [2.45, 2.75) is 18.9 Å². The van der Waals surface area contributed by atoms with Crippen molar-refractivity contribution >= 4 is 5.69 Å². The Morgan fingerprint density at radius 2 is 2.35 bits per heavy atom. The van der Waals surface area contributed by atoms with E-state index in [4.69, 9.17) is 15.2 Å². The van der Waals surface area contributed by atoms with E-state index in [1.807, 2.05) is 18.2 Å². The fourth-order valence-electron chi connectivity index (χ4n) is 2.14. The van der Waals surface area contributed by atoms with E-state index in [-0.39, 0.29) is 12.8 Å². The summed E-state index contributed by atoms with van der Waals surface area (Å²) in [6.45, 7) is 2.28. The zero-order valence-corrected chi connectivity index (χ0v) is 10.3. The number of benzene rings is 1. The predicted octanol–water partition coefficient (Wildman–Crippen LogP) is 1.60. The highest BCUT2D eigenvalue weighted by Gasteiger charge is 2.17. The molecule has 0 aromatic heterocycles. The molecule has 4 heteroatoms. The van der Waals surface area contributed by atoms with Gasteiger partial charge in [0.2, 0.25) is 0 Å². The lowest BCUT2D eigenvalue weighted by molar-refractivity contribution is 0.0511. The first kappa shape index (κ1) is 12.2. The van der Waals surface area contributed by atoms with E-state index < -0.39 is 0 Å². The zero-order valence-electron chi connectivity index (χ0n) is 10.3. The van der Waals surface area contributed by atoms with Crippen molar-refractivity contribution in [3.63, 3.8) is 0 Å². The molecular formula is C13H20N2O2. The van der Waals surface area contributed by atoms with Crippen LogP contribution in [0.15, 0.2) is 24.3 Å². The Labute approximate surface area is 102 Å². The minimum atomic E-state index is 0.281. The zero-order chi connectivity index (χ0) is 12.1. The minimum absolute atomic E-state index is 0.281. The monoisotopic (exact) mass is 236 g/mol. The number of anilines is 1. The molecule has 1 atom stereocenters. The van der Waals surface area contributed by atoms with Gasteiger partial charge >= 0.3 is 0 Å². The number of piperidine rings is 1. The van der Waals surface area contributed by atoms with Crippen LogP contribution in [0.1, 0.15) is 12.8 Å². The topological polar surface area (TPSA) is 47.7 Å². The molecule has 0 aliphatic carbocycles. The largest absolute Gasteiger partial charge is 0.467 e. The van der Waals surface area contributed by atoms with Crippen molar-refractivity contribution in [2.24, 2.45) is 5.73 Å². The second-order valence-electron chi connectivity index (χ2n) is 4.40. The van der Waals surface area contributed by atoms with Gasteiger partial charge in [0.15, 0.2) is 6.79 Å². The van der Waals surface area contributed by atoms with Gasteiger partial charge in [0.05, 0.1) is 0 Å². The minimum Gasteiger partial charge on any atom is -0.467 e. The highest BCUT2D eigenvalue weighted by Crippen LogP contribution is 2.23. The van der Waals surface area contributed by atoms with Crippen molar-refractivity contribution < 1.29 is 9.47 Å². The van der Waals surface area contributed by atoms with Crippen LogP contribution in [0.2, 0.25) is 0 Å². The Morgan fingerprint density at radius 3 is 3.12 bits per heavy atom. The van der Waals surface area contributed by atoms with Gasteiger partial charge in [0.25, 0.3) is 0 Å². The van der Waals surface area contributed by atoms with Crippen LogP contribution in [0.5, 0.6) is 5.75 Å². The lowest BCUT2D eigenvalue weighted by atomic mass is 10.1. The van der Waals surface area contributed by atoms with Gasteiger partial charge in [-0.05, 0) is 25.0 Å². The van der Waals surface area contributed by atoms with Crippen LogP contribution in [0.4, 0.5) is 5.69 Å².